The average Bonchev–Trinajstić information content (AvgIpc) is 3.82. The monoisotopic (exact) mass is 665 g/mol. The Morgan fingerprint density at radius 2 is 1.29 bits per heavy atom. The van der Waals surface area contributed by atoms with Crippen molar-refractivity contribution in [3.05, 3.63) is 82.4 Å². The van der Waals surface area contributed by atoms with Gasteiger partial charge < -0.3 is 14.9 Å². The van der Waals surface area contributed by atoms with E-state index >= 15 is 0 Å². The number of carbonyl (C=O) groups is 3. The number of aromatic nitrogens is 8. The highest BCUT2D eigenvalue weighted by Crippen LogP contribution is 2.26. The van der Waals surface area contributed by atoms with Crippen LogP contribution in [-0.2, 0) is 31.0 Å². The number of carbonyl (C=O) groups excluding carboxylic acids is 3. The molecule has 0 aliphatic heterocycles. The van der Waals surface area contributed by atoms with Crippen molar-refractivity contribution in [2.75, 3.05) is 10.6 Å². The van der Waals surface area contributed by atoms with Crippen molar-refractivity contribution >= 4 is 52.2 Å². The summed E-state index contributed by atoms with van der Waals surface area (Å²) in [6.07, 6.45) is 1.85. The minimum absolute atomic E-state index is 0.239. The van der Waals surface area contributed by atoms with Gasteiger partial charge in [0.25, 0.3) is 11.8 Å². The number of nitrogens with zero attached hydrogens (tertiary/aromatic N) is 8. The number of unbranched alkanes of at least 4 members (excludes halogenated alkanes) is 1. The molecule has 0 aliphatic carbocycles. The molecule has 49 heavy (non-hydrogen) atoms. The molecule has 0 atom stereocenters. The van der Waals surface area contributed by atoms with Crippen LogP contribution in [0.3, 0.4) is 0 Å². The summed E-state index contributed by atoms with van der Waals surface area (Å²) >= 11 is 0. The van der Waals surface area contributed by atoms with Gasteiger partial charge in [0.1, 0.15) is 11.4 Å². The van der Waals surface area contributed by atoms with Crippen molar-refractivity contribution in [3.63, 3.8) is 0 Å². The molecule has 0 unspecified atom stereocenters. The van der Waals surface area contributed by atoms with E-state index in [1.165, 1.54) is 0 Å². The number of hydrogen-bond donors (Lipinski definition) is 3. The van der Waals surface area contributed by atoms with E-state index < -0.39 is 0 Å². The van der Waals surface area contributed by atoms with Crippen molar-refractivity contribution in [1.82, 2.24) is 38.7 Å². The number of nitrogens with two attached hydrogens (primary N) is 1. The Morgan fingerprint density at radius 1 is 0.755 bits per heavy atom. The number of anilines is 2. The van der Waals surface area contributed by atoms with E-state index in [1.807, 2.05) is 52.8 Å². The Labute approximate surface area is 284 Å². The summed E-state index contributed by atoms with van der Waals surface area (Å²) in [5.74, 6) is 0.537. The van der Waals surface area contributed by atoms with Gasteiger partial charge in [0.2, 0.25) is 18.3 Å². The van der Waals surface area contributed by atoms with Gasteiger partial charge in [0.05, 0.1) is 33.5 Å². The van der Waals surface area contributed by atoms with Gasteiger partial charge >= 0.3 is 0 Å². The number of nitrogens with one attached hydrogen (secondary N) is 2. The van der Waals surface area contributed by atoms with Gasteiger partial charge in [0.15, 0.2) is 0 Å². The van der Waals surface area contributed by atoms with Gasteiger partial charge in [-0.3, -0.25) is 34.4 Å². The van der Waals surface area contributed by atoms with Gasteiger partial charge in [-0.05, 0) is 95.8 Å². The van der Waals surface area contributed by atoms with Crippen LogP contribution in [0.2, 0.25) is 0 Å². The first-order chi connectivity index (χ1) is 23.6. The third-order valence-electron chi connectivity index (χ3n) is 8.20. The lowest BCUT2D eigenvalue weighted by atomic mass is 10.2. The molecular weight excluding hydrogens is 622 g/mol. The zero-order valence-electron chi connectivity index (χ0n) is 28.8. The van der Waals surface area contributed by atoms with Gasteiger partial charge in [0, 0.05) is 26.2 Å². The summed E-state index contributed by atoms with van der Waals surface area (Å²) in [5.41, 5.74) is 12.6. The molecule has 14 heteroatoms. The van der Waals surface area contributed by atoms with Crippen LogP contribution in [0.1, 0.15) is 70.2 Å². The lowest BCUT2D eigenvalue weighted by Gasteiger charge is -2.13. The first kappa shape index (κ1) is 34.5. The van der Waals surface area contributed by atoms with Crippen LogP contribution in [-0.4, -0.2) is 56.9 Å². The fraction of sp³-hybridized carbons (Fsp3) is 0.343. The summed E-state index contributed by atoms with van der Waals surface area (Å²) in [6.45, 7) is 14.3. The number of fused-ring (bicyclic) bond motifs is 2. The maximum Gasteiger partial charge on any atom is 0.276 e. The standard InChI is InChI=1S/C34H40N10O2.CH3NO/c1-7-43-28(19-23(5)39-43)31(45)37-33-36-26-18-21(3)14-15-27(26)41(33)16-9-10-17-42-30-22(4)12-11-13-25(30)35-34(42)38-32(46)29-20-24(6)40-44(29)8-2;2-1-3/h11-15,18-20H,7-10,16-17H2,1-6H3,(H,35,38,46)(H,36,37,45);1H,(H2,2,3). The van der Waals surface area contributed by atoms with Crippen molar-refractivity contribution in [2.24, 2.45) is 5.73 Å². The van der Waals surface area contributed by atoms with E-state index in [9.17, 15) is 9.59 Å². The number of hydrogen-bond acceptors (Lipinski definition) is 7. The minimum atomic E-state index is -0.240. The van der Waals surface area contributed by atoms with Gasteiger partial charge in [-0.1, -0.05) is 18.2 Å². The molecule has 0 spiro atoms. The van der Waals surface area contributed by atoms with Gasteiger partial charge in [-0.15, -0.1) is 0 Å². The smallest absolute Gasteiger partial charge is 0.276 e. The summed E-state index contributed by atoms with van der Waals surface area (Å²) in [6, 6.07) is 15.7. The molecule has 256 valence electrons. The molecule has 6 aromatic rings. The average molecular weight is 666 g/mol. The Morgan fingerprint density at radius 3 is 1.86 bits per heavy atom. The molecule has 3 amide bonds. The number of benzene rings is 2. The summed E-state index contributed by atoms with van der Waals surface area (Å²) < 4.78 is 7.56. The van der Waals surface area contributed by atoms with E-state index in [-0.39, 0.29) is 18.2 Å². The number of aryl methyl sites for hydroxylation is 8. The van der Waals surface area contributed by atoms with Crippen LogP contribution in [0.15, 0.2) is 48.5 Å². The largest absolute Gasteiger partial charge is 0.372 e. The van der Waals surface area contributed by atoms with Crippen LogP contribution in [0.5, 0.6) is 0 Å². The third-order valence-corrected chi connectivity index (χ3v) is 8.20. The Balaban J connectivity index is 0.00000151. The van der Waals surface area contributed by atoms with Crippen molar-refractivity contribution in [2.45, 2.75) is 80.6 Å². The molecule has 14 nitrogen and oxygen atoms in total. The lowest BCUT2D eigenvalue weighted by Crippen LogP contribution is -2.20. The quantitative estimate of drug-likeness (QED) is 0.127. The maximum absolute atomic E-state index is 13.3. The van der Waals surface area contributed by atoms with Crippen LogP contribution in [0, 0.1) is 27.7 Å². The number of amides is 3. The predicted molar refractivity (Wildman–Crippen MR) is 190 cm³/mol. The topological polar surface area (TPSA) is 173 Å². The van der Waals surface area contributed by atoms with E-state index in [2.05, 4.69) is 60.8 Å². The predicted octanol–water partition coefficient (Wildman–Crippen LogP) is 5.14. The molecule has 6 rings (SSSR count). The maximum atomic E-state index is 13.3. The Bertz CT molecular complexity index is 2130. The first-order valence-corrected chi connectivity index (χ1v) is 16.4. The second kappa shape index (κ2) is 15.0. The van der Waals surface area contributed by atoms with Gasteiger partial charge in [-0.2, -0.15) is 10.2 Å². The zero-order chi connectivity index (χ0) is 35.2. The van der Waals surface area contributed by atoms with Crippen molar-refractivity contribution in [1.29, 1.82) is 0 Å². The fourth-order valence-corrected chi connectivity index (χ4v) is 6.05. The Hall–Kier alpha value is -5.79. The molecule has 0 saturated carbocycles. The molecule has 0 aliphatic rings. The normalized spacial score (nSPS) is 11.1. The van der Waals surface area contributed by atoms with Crippen LogP contribution < -0.4 is 16.4 Å². The lowest BCUT2D eigenvalue weighted by molar-refractivity contribution is -0.106. The number of para-hydroxylation sites is 1. The second-order valence-corrected chi connectivity index (χ2v) is 11.8. The molecule has 0 fully saturated rings. The molecule has 2 aromatic carbocycles. The van der Waals surface area contributed by atoms with Gasteiger partial charge in [-0.25, -0.2) is 9.97 Å². The fourth-order valence-electron chi connectivity index (χ4n) is 6.05. The van der Waals surface area contributed by atoms with Crippen LogP contribution in [0.25, 0.3) is 22.1 Å². The first-order valence-electron chi connectivity index (χ1n) is 16.4. The van der Waals surface area contributed by atoms with Crippen molar-refractivity contribution < 1.29 is 14.4 Å². The minimum Gasteiger partial charge on any atom is -0.372 e. The highest BCUT2D eigenvalue weighted by molar-refractivity contribution is 6.04. The highest BCUT2D eigenvalue weighted by Gasteiger charge is 2.20. The molecule has 0 bridgehead atoms. The summed E-state index contributed by atoms with van der Waals surface area (Å²) in [7, 11) is 0. The van der Waals surface area contributed by atoms with Crippen LogP contribution >= 0.6 is 0 Å². The number of imidazole rings is 2. The van der Waals surface area contributed by atoms with E-state index in [0.717, 1.165) is 57.4 Å². The Kier molecular flexibility index (Phi) is 10.5. The summed E-state index contributed by atoms with van der Waals surface area (Å²) in [4.78, 5) is 44.9. The van der Waals surface area contributed by atoms with E-state index in [0.29, 0.717) is 49.5 Å². The molecule has 0 saturated heterocycles. The number of rotatable bonds is 11. The summed E-state index contributed by atoms with van der Waals surface area (Å²) in [5, 5.41) is 15.0. The molecule has 0 radical (unpaired) electrons. The second-order valence-electron chi connectivity index (χ2n) is 11.8. The van der Waals surface area contributed by atoms with Crippen molar-refractivity contribution in [3.8, 4) is 0 Å². The molecule has 4 aromatic heterocycles. The van der Waals surface area contributed by atoms with E-state index in [1.54, 1.807) is 21.5 Å². The molecular formula is C35H43N11O3. The zero-order valence-corrected chi connectivity index (χ0v) is 28.8. The third kappa shape index (κ3) is 7.37. The van der Waals surface area contributed by atoms with E-state index in [4.69, 9.17) is 14.8 Å². The number of primary amides is 1. The van der Waals surface area contributed by atoms with Crippen LogP contribution in [0.4, 0.5) is 11.9 Å². The molecule has 4 N–H and O–H groups in total. The highest BCUT2D eigenvalue weighted by atomic mass is 16.2. The SMILES string of the molecule is CCn1nc(C)cc1C(=O)Nc1nc2cc(C)ccc2n1CCCCn1c(NC(=O)c2cc(C)nn2CC)nc2cccc(C)c21.NC=O. The molecule has 4 heterocycles.